The van der Waals surface area contributed by atoms with Gasteiger partial charge < -0.3 is 11.1 Å². The van der Waals surface area contributed by atoms with Crippen molar-refractivity contribution in [1.82, 2.24) is 5.32 Å². The first-order valence-electron chi connectivity index (χ1n) is 6.52. The zero-order chi connectivity index (χ0) is 13.8. The van der Waals surface area contributed by atoms with Crippen molar-refractivity contribution in [1.29, 1.82) is 0 Å². The fraction of sp³-hybridized carbons (Fsp3) is 0.533. The molecule has 0 spiro atoms. The third-order valence-corrected chi connectivity index (χ3v) is 3.32. The van der Waals surface area contributed by atoms with Gasteiger partial charge in [-0.05, 0) is 31.4 Å². The predicted octanol–water partition coefficient (Wildman–Crippen LogP) is 2.20. The van der Waals surface area contributed by atoms with Crippen LogP contribution in [-0.2, 0) is 16.8 Å². The van der Waals surface area contributed by atoms with Crippen LogP contribution in [0.4, 0.5) is 0 Å². The maximum atomic E-state index is 11.9. The Morgan fingerprint density at radius 2 is 1.89 bits per heavy atom. The van der Waals surface area contributed by atoms with Gasteiger partial charge in [0, 0.05) is 12.5 Å². The third-order valence-electron chi connectivity index (χ3n) is 3.32. The number of rotatable bonds is 5. The van der Waals surface area contributed by atoms with Gasteiger partial charge in [0.15, 0.2) is 0 Å². The molecule has 0 fully saturated rings. The number of nitrogens with one attached hydrogen (secondary N) is 1. The lowest BCUT2D eigenvalue weighted by Gasteiger charge is -2.28. The number of amides is 1. The highest BCUT2D eigenvalue weighted by molar-refractivity contribution is 5.79. The Bertz CT molecular complexity index is 395. The zero-order valence-electron chi connectivity index (χ0n) is 11.8. The molecule has 0 saturated heterocycles. The minimum atomic E-state index is -0.368. The van der Waals surface area contributed by atoms with Gasteiger partial charge in [-0.25, -0.2) is 0 Å². The lowest BCUT2D eigenvalue weighted by Crippen LogP contribution is -2.44. The van der Waals surface area contributed by atoms with Crippen LogP contribution < -0.4 is 11.1 Å². The minimum Gasteiger partial charge on any atom is -0.347 e. The summed E-state index contributed by atoms with van der Waals surface area (Å²) in [6.07, 6.45) is 1.03. The number of benzene rings is 1. The van der Waals surface area contributed by atoms with Crippen molar-refractivity contribution < 1.29 is 4.79 Å². The van der Waals surface area contributed by atoms with Crippen molar-refractivity contribution in [3.8, 4) is 0 Å². The molecule has 0 saturated carbocycles. The Morgan fingerprint density at radius 3 is 2.33 bits per heavy atom. The molecule has 1 amide bonds. The molecule has 3 nitrogen and oxygen atoms in total. The Kier molecular flexibility index (Phi) is 4.91. The lowest BCUT2D eigenvalue weighted by molar-refractivity contribution is -0.125. The Balaban J connectivity index is 2.81. The molecule has 0 bridgehead atoms. The summed E-state index contributed by atoms with van der Waals surface area (Å²) in [5, 5.41) is 3.04. The Labute approximate surface area is 110 Å². The summed E-state index contributed by atoms with van der Waals surface area (Å²) in [7, 11) is 0. The first-order chi connectivity index (χ1) is 8.40. The molecule has 18 heavy (non-hydrogen) atoms. The first kappa shape index (κ1) is 14.7. The number of hydrogen-bond acceptors (Lipinski definition) is 2. The van der Waals surface area contributed by atoms with Gasteiger partial charge in [0.05, 0.1) is 5.54 Å². The molecule has 0 aliphatic carbocycles. The van der Waals surface area contributed by atoms with E-state index in [1.807, 2.05) is 20.8 Å². The maximum absolute atomic E-state index is 11.9. The highest BCUT2D eigenvalue weighted by Crippen LogP contribution is 2.21. The van der Waals surface area contributed by atoms with Crippen molar-refractivity contribution in [2.45, 2.75) is 39.7 Å². The van der Waals surface area contributed by atoms with E-state index in [4.69, 9.17) is 5.73 Å². The second-order valence-corrected chi connectivity index (χ2v) is 5.30. The highest BCUT2D eigenvalue weighted by Gasteiger charge is 2.24. The fourth-order valence-corrected chi connectivity index (χ4v) is 1.77. The summed E-state index contributed by atoms with van der Waals surface area (Å²) in [6, 6.07) is 8.36. The van der Waals surface area contributed by atoms with Gasteiger partial charge in [-0.15, -0.1) is 0 Å². The van der Waals surface area contributed by atoms with Gasteiger partial charge in [-0.1, -0.05) is 38.1 Å². The average molecular weight is 248 g/mol. The van der Waals surface area contributed by atoms with Gasteiger partial charge in [0.1, 0.15) is 0 Å². The monoisotopic (exact) mass is 248 g/mol. The molecule has 1 aromatic rings. The molecular weight excluding hydrogens is 224 g/mol. The Hall–Kier alpha value is -1.35. The molecule has 3 N–H and O–H groups in total. The molecule has 0 radical (unpaired) electrons. The van der Waals surface area contributed by atoms with E-state index in [1.54, 1.807) is 0 Å². The summed E-state index contributed by atoms with van der Waals surface area (Å²) in [5.41, 5.74) is 7.55. The van der Waals surface area contributed by atoms with Crippen LogP contribution in [-0.4, -0.2) is 12.5 Å². The van der Waals surface area contributed by atoms with E-state index in [-0.39, 0.29) is 17.4 Å². The van der Waals surface area contributed by atoms with Gasteiger partial charge in [0.2, 0.25) is 5.91 Å². The third kappa shape index (κ3) is 3.57. The average Bonchev–Trinajstić information content (AvgIpc) is 2.37. The van der Waals surface area contributed by atoms with Gasteiger partial charge in [-0.2, -0.15) is 0 Å². The van der Waals surface area contributed by atoms with Crippen LogP contribution in [0.1, 0.15) is 38.8 Å². The van der Waals surface area contributed by atoms with Crippen molar-refractivity contribution in [3.63, 3.8) is 0 Å². The number of carbonyl (C=O) groups is 1. The van der Waals surface area contributed by atoms with Crippen LogP contribution in [0, 0.1) is 5.92 Å². The highest BCUT2D eigenvalue weighted by atomic mass is 16.2. The molecular formula is C15H24N2O. The SMILES string of the molecule is CCc1ccc(C(C)(C)NC(=O)C(C)CN)cc1. The topological polar surface area (TPSA) is 55.1 Å². The second-order valence-electron chi connectivity index (χ2n) is 5.30. The number of carbonyl (C=O) groups excluding carboxylic acids is 1. The second kappa shape index (κ2) is 6.01. The number of aryl methyl sites for hydroxylation is 1. The molecule has 0 aliphatic rings. The van der Waals surface area contributed by atoms with E-state index in [0.717, 1.165) is 12.0 Å². The van der Waals surface area contributed by atoms with Gasteiger partial charge >= 0.3 is 0 Å². The summed E-state index contributed by atoms with van der Waals surface area (Å²) >= 11 is 0. The van der Waals surface area contributed by atoms with Crippen molar-refractivity contribution in [3.05, 3.63) is 35.4 Å². The number of nitrogens with two attached hydrogens (primary N) is 1. The molecule has 0 aliphatic heterocycles. The number of hydrogen-bond donors (Lipinski definition) is 2. The van der Waals surface area contributed by atoms with E-state index in [0.29, 0.717) is 6.54 Å². The molecule has 0 heterocycles. The molecule has 1 unspecified atom stereocenters. The lowest BCUT2D eigenvalue weighted by atomic mass is 9.92. The molecule has 100 valence electrons. The van der Waals surface area contributed by atoms with Crippen LogP contribution >= 0.6 is 0 Å². The summed E-state index contributed by atoms with van der Waals surface area (Å²) < 4.78 is 0. The first-order valence-corrected chi connectivity index (χ1v) is 6.52. The van der Waals surface area contributed by atoms with Crippen LogP contribution in [0.2, 0.25) is 0 Å². The standard InChI is InChI=1S/C15H24N2O/c1-5-12-6-8-13(9-7-12)15(3,4)17-14(18)11(2)10-16/h6-9,11H,5,10,16H2,1-4H3,(H,17,18). The summed E-state index contributed by atoms with van der Waals surface area (Å²) in [5.74, 6) is -0.152. The maximum Gasteiger partial charge on any atom is 0.224 e. The van der Waals surface area contributed by atoms with Crippen molar-refractivity contribution in [2.75, 3.05) is 6.54 Å². The smallest absolute Gasteiger partial charge is 0.224 e. The molecule has 3 heteroatoms. The Morgan fingerprint density at radius 1 is 1.33 bits per heavy atom. The molecule has 1 atom stereocenters. The normalized spacial score (nSPS) is 13.2. The van der Waals surface area contributed by atoms with E-state index in [9.17, 15) is 4.79 Å². The summed E-state index contributed by atoms with van der Waals surface area (Å²) in [4.78, 5) is 11.9. The molecule has 1 aromatic carbocycles. The van der Waals surface area contributed by atoms with E-state index >= 15 is 0 Å². The minimum absolute atomic E-state index is 0.00191. The predicted molar refractivity (Wildman–Crippen MR) is 75.2 cm³/mol. The van der Waals surface area contributed by atoms with Crippen LogP contribution in [0.25, 0.3) is 0 Å². The molecule has 0 aromatic heterocycles. The van der Waals surface area contributed by atoms with E-state index in [2.05, 4.69) is 36.5 Å². The van der Waals surface area contributed by atoms with Crippen LogP contribution in [0.5, 0.6) is 0 Å². The van der Waals surface area contributed by atoms with Gasteiger partial charge in [0.25, 0.3) is 0 Å². The van der Waals surface area contributed by atoms with E-state index < -0.39 is 0 Å². The quantitative estimate of drug-likeness (QED) is 0.839. The van der Waals surface area contributed by atoms with Crippen molar-refractivity contribution >= 4 is 5.91 Å². The van der Waals surface area contributed by atoms with Crippen LogP contribution in [0.15, 0.2) is 24.3 Å². The summed E-state index contributed by atoms with van der Waals surface area (Å²) in [6.45, 7) is 8.36. The molecule has 1 rings (SSSR count). The van der Waals surface area contributed by atoms with Crippen molar-refractivity contribution in [2.24, 2.45) is 11.7 Å². The van der Waals surface area contributed by atoms with Crippen LogP contribution in [0.3, 0.4) is 0 Å². The van der Waals surface area contributed by atoms with E-state index in [1.165, 1.54) is 5.56 Å². The fourth-order valence-electron chi connectivity index (χ4n) is 1.77. The largest absolute Gasteiger partial charge is 0.347 e. The zero-order valence-corrected chi connectivity index (χ0v) is 11.8. The van der Waals surface area contributed by atoms with Gasteiger partial charge in [-0.3, -0.25) is 4.79 Å².